The van der Waals surface area contributed by atoms with E-state index in [0.717, 1.165) is 53.0 Å². The highest BCUT2D eigenvalue weighted by Crippen LogP contribution is 2.39. The van der Waals surface area contributed by atoms with Gasteiger partial charge >= 0.3 is 0 Å². The van der Waals surface area contributed by atoms with Gasteiger partial charge in [0, 0.05) is 23.5 Å². The predicted molar refractivity (Wildman–Crippen MR) is 116 cm³/mol. The first kappa shape index (κ1) is 16.3. The molecule has 4 aromatic heterocycles. The summed E-state index contributed by atoms with van der Waals surface area (Å²) in [5.74, 6) is 0. The van der Waals surface area contributed by atoms with Crippen molar-refractivity contribution < 1.29 is 0 Å². The highest BCUT2D eigenvalue weighted by Gasteiger charge is 2.16. The largest absolute Gasteiger partial charge is 0.241 e. The smallest absolute Gasteiger partial charge is 0.152 e. The van der Waals surface area contributed by atoms with E-state index in [0.29, 0.717) is 0 Å². The number of thiazole rings is 2. The van der Waals surface area contributed by atoms with Gasteiger partial charge in [-0.3, -0.25) is 0 Å². The Hall–Kier alpha value is -2.66. The molecule has 0 aliphatic rings. The molecule has 0 aliphatic carbocycles. The highest BCUT2D eigenvalue weighted by atomic mass is 32.1. The number of fused-ring (bicyclic) bond motifs is 2. The number of rotatable bonds is 3. The van der Waals surface area contributed by atoms with Crippen molar-refractivity contribution in [3.05, 3.63) is 48.8 Å². The van der Waals surface area contributed by atoms with Gasteiger partial charge in [-0.1, -0.05) is 24.3 Å². The maximum Gasteiger partial charge on any atom is 0.152 e. The average Bonchev–Trinajstić information content (AvgIpc) is 3.53. The zero-order valence-corrected chi connectivity index (χ0v) is 17.2. The summed E-state index contributed by atoms with van der Waals surface area (Å²) in [7, 11) is 0. The van der Waals surface area contributed by atoms with E-state index in [1.54, 1.807) is 22.7 Å². The van der Waals surface area contributed by atoms with Crippen LogP contribution >= 0.6 is 46.1 Å². The van der Waals surface area contributed by atoms with Crippen molar-refractivity contribution in [2.24, 2.45) is 0 Å². The molecule has 0 bridgehead atoms. The van der Waals surface area contributed by atoms with Crippen molar-refractivity contribution in [3.8, 4) is 30.9 Å². The second-order valence-corrected chi connectivity index (χ2v) is 9.05. The lowest BCUT2D eigenvalue weighted by molar-refractivity contribution is 1.35. The van der Waals surface area contributed by atoms with E-state index in [2.05, 4.69) is 39.6 Å². The summed E-state index contributed by atoms with van der Waals surface area (Å²) in [6.07, 6.45) is 3.78. The Balaban J connectivity index is 1.41. The third kappa shape index (κ3) is 2.57. The molecule has 0 saturated carbocycles. The summed E-state index contributed by atoms with van der Waals surface area (Å²) in [6, 6.07) is 12.1. The summed E-state index contributed by atoms with van der Waals surface area (Å²) in [5, 5.41) is 1.80. The normalized spacial score (nSPS) is 11.6. The van der Waals surface area contributed by atoms with Gasteiger partial charge in [0.1, 0.15) is 22.1 Å². The van der Waals surface area contributed by atoms with Crippen molar-refractivity contribution in [2.75, 3.05) is 0 Å². The molecule has 6 nitrogen and oxygen atoms in total. The molecule has 6 rings (SSSR count). The third-order valence-corrected chi connectivity index (χ3v) is 7.59. The van der Waals surface area contributed by atoms with Crippen LogP contribution in [-0.2, 0) is 0 Å². The minimum Gasteiger partial charge on any atom is -0.241 e. The molecule has 0 N–H and O–H groups in total. The van der Waals surface area contributed by atoms with Gasteiger partial charge in [-0.25, -0.2) is 9.97 Å². The van der Waals surface area contributed by atoms with Crippen molar-refractivity contribution in [1.82, 2.24) is 27.5 Å². The second kappa shape index (κ2) is 6.45. The van der Waals surface area contributed by atoms with Crippen molar-refractivity contribution in [1.29, 1.82) is 0 Å². The summed E-state index contributed by atoms with van der Waals surface area (Å²) in [4.78, 5) is 11.3. The van der Waals surface area contributed by atoms with Gasteiger partial charge in [-0.2, -0.15) is 17.5 Å². The van der Waals surface area contributed by atoms with Gasteiger partial charge in [0.05, 0.1) is 33.2 Å². The fourth-order valence-corrected chi connectivity index (χ4v) is 6.02. The first-order valence-electron chi connectivity index (χ1n) is 8.22. The maximum atomic E-state index is 4.61. The molecule has 6 aromatic rings. The molecule has 10 heteroatoms. The quantitative estimate of drug-likeness (QED) is 0.359. The van der Waals surface area contributed by atoms with E-state index in [-0.39, 0.29) is 0 Å². The number of nitrogens with zero attached hydrogens (tertiary/aromatic N) is 6. The fourth-order valence-electron chi connectivity index (χ4n) is 3.00. The van der Waals surface area contributed by atoms with Crippen molar-refractivity contribution in [2.45, 2.75) is 0 Å². The average molecular weight is 437 g/mol. The van der Waals surface area contributed by atoms with Gasteiger partial charge < -0.3 is 0 Å². The first-order chi connectivity index (χ1) is 13.9. The number of hydrogen-bond donors (Lipinski definition) is 0. The molecule has 0 radical (unpaired) electrons. The molecule has 2 aromatic carbocycles. The minimum atomic E-state index is 0.898. The molecule has 0 amide bonds. The standard InChI is InChI=1S/C18H8N6S4/c1-3-9(15-11(5-1)21-27-23-15)13-7-19-17(25-13)18-20-8-14(26-18)10-4-2-6-12-16(10)24-28-22-12/h1-8H. The van der Waals surface area contributed by atoms with Crippen LogP contribution in [-0.4, -0.2) is 27.5 Å². The zero-order chi connectivity index (χ0) is 18.5. The Labute approximate surface area is 174 Å². The first-order valence-corrected chi connectivity index (χ1v) is 11.3. The second-order valence-electron chi connectivity index (χ2n) is 5.93. The van der Waals surface area contributed by atoms with E-state index in [9.17, 15) is 0 Å². The molecule has 0 fully saturated rings. The van der Waals surface area contributed by atoms with E-state index >= 15 is 0 Å². The fraction of sp³-hybridized carbons (Fsp3) is 0. The van der Waals surface area contributed by atoms with Crippen LogP contribution in [0.4, 0.5) is 0 Å². The molecule has 0 spiro atoms. The molecule has 4 heterocycles. The topological polar surface area (TPSA) is 77.3 Å². The lowest BCUT2D eigenvalue weighted by Crippen LogP contribution is -1.75. The summed E-state index contributed by atoms with van der Waals surface area (Å²) in [5.41, 5.74) is 5.79. The molecule has 0 unspecified atom stereocenters. The molecule has 0 aliphatic heterocycles. The summed E-state index contributed by atoms with van der Waals surface area (Å²) >= 11 is 5.70. The Bertz CT molecular complexity index is 1330. The number of hydrogen-bond acceptors (Lipinski definition) is 10. The van der Waals surface area contributed by atoms with Crippen molar-refractivity contribution in [3.63, 3.8) is 0 Å². The van der Waals surface area contributed by atoms with Gasteiger partial charge in [-0.15, -0.1) is 22.7 Å². The predicted octanol–water partition coefficient (Wildman–Crippen LogP) is 5.61. The SMILES string of the molecule is c1cc(-c2cnc(-c3ncc(-c4cccc5nsnc45)s3)s2)c2nsnc2c1. The van der Waals surface area contributed by atoms with Gasteiger partial charge in [0.25, 0.3) is 0 Å². The van der Waals surface area contributed by atoms with Crippen LogP contribution in [0.15, 0.2) is 48.8 Å². The van der Waals surface area contributed by atoms with Gasteiger partial charge in [0.15, 0.2) is 10.0 Å². The highest BCUT2D eigenvalue weighted by molar-refractivity contribution is 7.24. The summed E-state index contributed by atoms with van der Waals surface area (Å²) in [6.45, 7) is 0. The van der Waals surface area contributed by atoms with E-state index in [4.69, 9.17) is 0 Å². The van der Waals surface area contributed by atoms with Crippen LogP contribution in [0.1, 0.15) is 0 Å². The lowest BCUT2D eigenvalue weighted by Gasteiger charge is -1.96. The molecule has 0 atom stereocenters. The van der Waals surface area contributed by atoms with Crippen LogP contribution in [0.3, 0.4) is 0 Å². The maximum absolute atomic E-state index is 4.61. The minimum absolute atomic E-state index is 0.898. The molecular weight excluding hydrogens is 429 g/mol. The molecule has 134 valence electrons. The molecular formula is C18H8N6S4. The summed E-state index contributed by atoms with van der Waals surface area (Å²) < 4.78 is 17.5. The third-order valence-electron chi connectivity index (χ3n) is 4.30. The van der Waals surface area contributed by atoms with Gasteiger partial charge in [-0.05, 0) is 12.1 Å². The van der Waals surface area contributed by atoms with Gasteiger partial charge in [0.2, 0.25) is 0 Å². The molecule has 0 saturated heterocycles. The lowest BCUT2D eigenvalue weighted by atomic mass is 10.1. The van der Waals surface area contributed by atoms with Crippen LogP contribution < -0.4 is 0 Å². The van der Waals surface area contributed by atoms with Crippen LogP contribution in [0.25, 0.3) is 53.0 Å². The molecule has 28 heavy (non-hydrogen) atoms. The van der Waals surface area contributed by atoms with E-state index in [1.165, 1.54) is 23.5 Å². The van der Waals surface area contributed by atoms with Crippen LogP contribution in [0.2, 0.25) is 0 Å². The van der Waals surface area contributed by atoms with E-state index < -0.39 is 0 Å². The zero-order valence-electron chi connectivity index (χ0n) is 13.9. The Kier molecular flexibility index (Phi) is 3.76. The van der Waals surface area contributed by atoms with Crippen LogP contribution in [0.5, 0.6) is 0 Å². The Morgan fingerprint density at radius 3 is 1.57 bits per heavy atom. The Morgan fingerprint density at radius 1 is 0.571 bits per heavy atom. The van der Waals surface area contributed by atoms with Crippen LogP contribution in [0, 0.1) is 0 Å². The van der Waals surface area contributed by atoms with Crippen molar-refractivity contribution >= 4 is 68.2 Å². The number of benzene rings is 2. The number of aromatic nitrogens is 6. The monoisotopic (exact) mass is 436 g/mol. The Morgan fingerprint density at radius 2 is 1.07 bits per heavy atom. The van der Waals surface area contributed by atoms with E-state index in [1.807, 2.05) is 36.7 Å².